The van der Waals surface area contributed by atoms with Gasteiger partial charge in [-0.2, -0.15) is 0 Å². The van der Waals surface area contributed by atoms with E-state index < -0.39 is 0 Å². The molecule has 1 fully saturated rings. The SMILES string of the molecule is Cc1cccc2c1C(=O)N(c1cccc3cccnc13)[C@H]1OCC[C@@H]21. The Balaban J connectivity index is 1.76. The molecule has 25 heavy (non-hydrogen) atoms. The number of rotatable bonds is 1. The number of para-hydroxylation sites is 1. The maximum atomic E-state index is 13.4. The van der Waals surface area contributed by atoms with Gasteiger partial charge in [0.15, 0.2) is 0 Å². The molecule has 0 unspecified atom stereocenters. The Labute approximate surface area is 146 Å². The highest BCUT2D eigenvalue weighted by Gasteiger charge is 2.45. The zero-order chi connectivity index (χ0) is 17.0. The molecule has 1 aromatic heterocycles. The number of aryl methyl sites for hydroxylation is 1. The summed E-state index contributed by atoms with van der Waals surface area (Å²) in [5.74, 6) is 0.223. The van der Waals surface area contributed by atoms with Crippen LogP contribution in [0.25, 0.3) is 10.9 Å². The highest BCUT2D eigenvalue weighted by molar-refractivity contribution is 6.13. The van der Waals surface area contributed by atoms with Gasteiger partial charge in [0.25, 0.3) is 5.91 Å². The zero-order valence-corrected chi connectivity index (χ0v) is 14.0. The minimum Gasteiger partial charge on any atom is -0.357 e. The van der Waals surface area contributed by atoms with Crippen LogP contribution in [0.1, 0.15) is 33.8 Å². The van der Waals surface area contributed by atoms with Crippen LogP contribution in [0.2, 0.25) is 0 Å². The van der Waals surface area contributed by atoms with Crippen molar-refractivity contribution in [2.75, 3.05) is 11.5 Å². The Bertz CT molecular complexity index is 993. The lowest BCUT2D eigenvalue weighted by Gasteiger charge is -2.38. The minimum atomic E-state index is -0.255. The van der Waals surface area contributed by atoms with Crippen molar-refractivity contribution in [3.05, 3.63) is 71.4 Å². The van der Waals surface area contributed by atoms with Crippen molar-refractivity contribution in [1.82, 2.24) is 4.98 Å². The highest BCUT2D eigenvalue weighted by Crippen LogP contribution is 2.44. The van der Waals surface area contributed by atoms with Crippen molar-refractivity contribution >= 4 is 22.5 Å². The van der Waals surface area contributed by atoms with E-state index in [4.69, 9.17) is 4.74 Å². The number of fused-ring (bicyclic) bond motifs is 4. The number of carbonyl (C=O) groups excluding carboxylic acids is 1. The largest absolute Gasteiger partial charge is 0.357 e. The lowest BCUT2D eigenvalue weighted by Crippen LogP contribution is -2.47. The summed E-state index contributed by atoms with van der Waals surface area (Å²) in [7, 11) is 0. The molecule has 1 saturated heterocycles. The van der Waals surface area contributed by atoms with E-state index in [-0.39, 0.29) is 18.1 Å². The summed E-state index contributed by atoms with van der Waals surface area (Å²) in [5.41, 5.74) is 4.63. The molecule has 4 nitrogen and oxygen atoms in total. The Morgan fingerprint density at radius 3 is 2.88 bits per heavy atom. The Hall–Kier alpha value is -2.72. The van der Waals surface area contributed by atoms with Crippen LogP contribution in [0.3, 0.4) is 0 Å². The van der Waals surface area contributed by atoms with Crippen molar-refractivity contribution in [3.8, 4) is 0 Å². The van der Waals surface area contributed by atoms with Gasteiger partial charge in [0.05, 0.1) is 11.2 Å². The van der Waals surface area contributed by atoms with E-state index in [9.17, 15) is 4.79 Å². The molecular weight excluding hydrogens is 312 g/mol. The van der Waals surface area contributed by atoms with Gasteiger partial charge in [-0.3, -0.25) is 14.7 Å². The Morgan fingerprint density at radius 2 is 1.96 bits per heavy atom. The molecular formula is C21H18N2O2. The van der Waals surface area contributed by atoms with Gasteiger partial charge in [-0.1, -0.05) is 36.4 Å². The summed E-state index contributed by atoms with van der Waals surface area (Å²) in [6.45, 7) is 2.68. The fraction of sp³-hybridized carbons (Fsp3) is 0.238. The molecule has 2 aliphatic rings. The van der Waals surface area contributed by atoms with Gasteiger partial charge in [-0.05, 0) is 36.6 Å². The third-order valence-electron chi connectivity index (χ3n) is 5.32. The second-order valence-corrected chi connectivity index (χ2v) is 6.72. The average molecular weight is 330 g/mol. The van der Waals surface area contributed by atoms with Crippen LogP contribution in [-0.4, -0.2) is 23.7 Å². The summed E-state index contributed by atoms with van der Waals surface area (Å²) in [6, 6.07) is 16.0. The predicted octanol–water partition coefficient (Wildman–Crippen LogP) is 4.03. The number of anilines is 1. The summed E-state index contributed by atoms with van der Waals surface area (Å²) in [6.07, 6.45) is 2.45. The Morgan fingerprint density at radius 1 is 1.12 bits per heavy atom. The zero-order valence-electron chi connectivity index (χ0n) is 14.0. The van der Waals surface area contributed by atoms with E-state index in [1.807, 2.05) is 54.3 Å². The molecule has 0 spiro atoms. The van der Waals surface area contributed by atoms with Gasteiger partial charge in [0, 0.05) is 29.7 Å². The van der Waals surface area contributed by atoms with E-state index in [0.29, 0.717) is 6.61 Å². The van der Waals surface area contributed by atoms with E-state index in [1.165, 1.54) is 0 Å². The molecule has 3 aromatic rings. The first-order chi connectivity index (χ1) is 12.3. The van der Waals surface area contributed by atoms with Crippen LogP contribution < -0.4 is 4.90 Å². The molecule has 0 radical (unpaired) electrons. The lowest BCUT2D eigenvalue weighted by molar-refractivity contribution is 0.0721. The first-order valence-corrected chi connectivity index (χ1v) is 8.64. The molecule has 1 amide bonds. The summed E-state index contributed by atoms with van der Waals surface area (Å²) in [4.78, 5) is 19.8. The summed E-state index contributed by atoms with van der Waals surface area (Å²) >= 11 is 0. The van der Waals surface area contributed by atoms with Gasteiger partial charge >= 0.3 is 0 Å². The van der Waals surface area contributed by atoms with Gasteiger partial charge in [-0.25, -0.2) is 0 Å². The van der Waals surface area contributed by atoms with Crippen LogP contribution in [0.5, 0.6) is 0 Å². The van der Waals surface area contributed by atoms with Crippen LogP contribution >= 0.6 is 0 Å². The van der Waals surface area contributed by atoms with E-state index in [1.54, 1.807) is 6.20 Å². The first-order valence-electron chi connectivity index (χ1n) is 8.64. The van der Waals surface area contributed by atoms with Crippen molar-refractivity contribution < 1.29 is 9.53 Å². The maximum absolute atomic E-state index is 13.4. The number of benzene rings is 2. The molecule has 0 aliphatic carbocycles. The number of carbonyl (C=O) groups is 1. The van der Waals surface area contributed by atoms with E-state index in [2.05, 4.69) is 11.1 Å². The first kappa shape index (κ1) is 14.6. The van der Waals surface area contributed by atoms with Gasteiger partial charge < -0.3 is 4.74 Å². The van der Waals surface area contributed by atoms with Gasteiger partial charge in [-0.15, -0.1) is 0 Å². The quantitative estimate of drug-likeness (QED) is 0.676. The number of aromatic nitrogens is 1. The van der Waals surface area contributed by atoms with Crippen LogP contribution in [-0.2, 0) is 4.74 Å². The standard InChI is InChI=1S/C21H18N2O2/c1-13-5-2-8-15-16-10-12-25-21(16)23(20(24)18(13)15)17-9-3-6-14-7-4-11-22-19(14)17/h2-9,11,16,21H,10,12H2,1H3/t16-,21-/m0/s1. The molecule has 0 bridgehead atoms. The topological polar surface area (TPSA) is 42.4 Å². The van der Waals surface area contributed by atoms with Crippen molar-refractivity contribution in [1.29, 1.82) is 0 Å². The number of nitrogens with zero attached hydrogens (tertiary/aromatic N) is 2. The number of hydrogen-bond acceptors (Lipinski definition) is 3. The maximum Gasteiger partial charge on any atom is 0.261 e. The lowest BCUT2D eigenvalue weighted by atomic mass is 9.84. The molecule has 2 atom stereocenters. The second kappa shape index (κ2) is 5.39. The molecule has 2 aromatic carbocycles. The third kappa shape index (κ3) is 2.04. The summed E-state index contributed by atoms with van der Waals surface area (Å²) in [5, 5.41) is 1.03. The van der Waals surface area contributed by atoms with Gasteiger partial charge in [0.2, 0.25) is 0 Å². The number of ether oxygens (including phenoxy) is 1. The molecule has 0 saturated carbocycles. The number of pyridine rings is 1. The van der Waals surface area contributed by atoms with Crippen LogP contribution in [0.4, 0.5) is 5.69 Å². The molecule has 2 aliphatic heterocycles. The van der Waals surface area contributed by atoms with Crippen molar-refractivity contribution in [2.24, 2.45) is 0 Å². The molecule has 124 valence electrons. The Kier molecular flexibility index (Phi) is 3.15. The third-order valence-corrected chi connectivity index (χ3v) is 5.32. The van der Waals surface area contributed by atoms with Crippen LogP contribution in [0.15, 0.2) is 54.7 Å². The monoisotopic (exact) mass is 330 g/mol. The minimum absolute atomic E-state index is 0.00871. The number of hydrogen-bond donors (Lipinski definition) is 0. The molecule has 3 heterocycles. The van der Waals surface area contributed by atoms with E-state index in [0.717, 1.165) is 39.7 Å². The molecule has 5 rings (SSSR count). The fourth-order valence-electron chi connectivity index (χ4n) is 4.19. The fourth-order valence-corrected chi connectivity index (χ4v) is 4.19. The van der Waals surface area contributed by atoms with Crippen molar-refractivity contribution in [2.45, 2.75) is 25.5 Å². The number of amides is 1. The van der Waals surface area contributed by atoms with Crippen LogP contribution in [0, 0.1) is 6.92 Å². The normalized spacial score (nSPS) is 22.1. The smallest absolute Gasteiger partial charge is 0.261 e. The average Bonchev–Trinajstić information content (AvgIpc) is 3.11. The predicted molar refractivity (Wildman–Crippen MR) is 96.8 cm³/mol. The second-order valence-electron chi connectivity index (χ2n) is 6.72. The van der Waals surface area contributed by atoms with E-state index >= 15 is 0 Å². The van der Waals surface area contributed by atoms with Crippen molar-refractivity contribution in [3.63, 3.8) is 0 Å². The molecule has 4 heteroatoms. The highest BCUT2D eigenvalue weighted by atomic mass is 16.5. The molecule has 0 N–H and O–H groups in total. The summed E-state index contributed by atoms with van der Waals surface area (Å²) < 4.78 is 6.02. The van der Waals surface area contributed by atoms with Gasteiger partial charge in [0.1, 0.15) is 6.23 Å².